The first-order valence-electron chi connectivity index (χ1n) is 6.35. The van der Waals surface area contributed by atoms with Gasteiger partial charge in [-0.15, -0.1) is 0 Å². The fourth-order valence-electron chi connectivity index (χ4n) is 1.97. The summed E-state index contributed by atoms with van der Waals surface area (Å²) in [6.45, 7) is 0.220. The first-order chi connectivity index (χ1) is 9.67. The van der Waals surface area contributed by atoms with E-state index in [1.807, 2.05) is 0 Å². The van der Waals surface area contributed by atoms with Crippen LogP contribution in [0.1, 0.15) is 12.8 Å². The second-order valence-corrected chi connectivity index (χ2v) is 4.85. The van der Waals surface area contributed by atoms with E-state index >= 15 is 0 Å². The van der Waals surface area contributed by atoms with E-state index in [2.05, 4.69) is 30.9 Å². The number of likely N-dealkylation sites (N-methyl/N-ethyl adjacent to an activating group) is 1. The Morgan fingerprint density at radius 3 is 3.05 bits per heavy atom. The Hall–Kier alpha value is -2.42. The molecule has 0 saturated heterocycles. The first-order valence-corrected chi connectivity index (χ1v) is 6.35. The van der Waals surface area contributed by atoms with Gasteiger partial charge >= 0.3 is 0 Å². The predicted octanol–water partition coefficient (Wildman–Crippen LogP) is -0.647. The molecule has 9 heteroatoms. The van der Waals surface area contributed by atoms with Gasteiger partial charge in [0.1, 0.15) is 5.82 Å². The van der Waals surface area contributed by atoms with Gasteiger partial charge in [0.2, 0.25) is 11.9 Å². The highest BCUT2D eigenvalue weighted by Crippen LogP contribution is 2.23. The molecule has 2 heterocycles. The van der Waals surface area contributed by atoms with Crippen molar-refractivity contribution in [2.24, 2.45) is 5.84 Å². The molecule has 0 spiro atoms. The number of nitrogens with one attached hydrogen (secondary N) is 3. The van der Waals surface area contributed by atoms with Crippen LogP contribution in [0.25, 0.3) is 11.0 Å². The van der Waals surface area contributed by atoms with Gasteiger partial charge in [0.05, 0.1) is 18.1 Å². The SMILES string of the molecule is CN(CC(=O)NC1CC1)c1nc(NN)nc2[nH]ncc12. The predicted molar refractivity (Wildman–Crippen MR) is 73.9 cm³/mol. The molecule has 0 aromatic carbocycles. The second-order valence-electron chi connectivity index (χ2n) is 4.85. The molecule has 0 unspecified atom stereocenters. The third kappa shape index (κ3) is 2.48. The highest BCUT2D eigenvalue weighted by molar-refractivity contribution is 5.90. The lowest BCUT2D eigenvalue weighted by molar-refractivity contribution is -0.119. The fourth-order valence-corrected chi connectivity index (χ4v) is 1.97. The van der Waals surface area contributed by atoms with E-state index in [0.717, 1.165) is 18.2 Å². The minimum atomic E-state index is -0.0208. The molecule has 0 radical (unpaired) electrons. The lowest BCUT2D eigenvalue weighted by Crippen LogP contribution is -2.36. The molecule has 0 aliphatic heterocycles. The van der Waals surface area contributed by atoms with Gasteiger partial charge in [-0.3, -0.25) is 15.3 Å². The summed E-state index contributed by atoms with van der Waals surface area (Å²) in [5.41, 5.74) is 2.97. The molecule has 0 bridgehead atoms. The van der Waals surface area contributed by atoms with Crippen molar-refractivity contribution in [2.45, 2.75) is 18.9 Å². The van der Waals surface area contributed by atoms with E-state index in [9.17, 15) is 4.79 Å². The summed E-state index contributed by atoms with van der Waals surface area (Å²) in [5, 5.41) is 10.4. The number of carbonyl (C=O) groups excluding carboxylic acids is 1. The Balaban J connectivity index is 1.83. The quantitative estimate of drug-likeness (QED) is 0.422. The average molecular weight is 276 g/mol. The van der Waals surface area contributed by atoms with Gasteiger partial charge in [0.25, 0.3) is 0 Å². The van der Waals surface area contributed by atoms with Crippen molar-refractivity contribution in [1.29, 1.82) is 0 Å². The van der Waals surface area contributed by atoms with Crippen LogP contribution in [0.3, 0.4) is 0 Å². The highest BCUT2D eigenvalue weighted by Gasteiger charge is 2.24. The third-order valence-corrected chi connectivity index (χ3v) is 3.10. The highest BCUT2D eigenvalue weighted by atomic mass is 16.2. The number of hydrazine groups is 1. The molecule has 1 fully saturated rings. The van der Waals surface area contributed by atoms with E-state index in [-0.39, 0.29) is 18.4 Å². The van der Waals surface area contributed by atoms with Crippen LogP contribution in [0.4, 0.5) is 11.8 Å². The summed E-state index contributed by atoms with van der Waals surface area (Å²) < 4.78 is 0. The smallest absolute Gasteiger partial charge is 0.241 e. The number of hydrogen-bond acceptors (Lipinski definition) is 7. The minimum absolute atomic E-state index is 0.0208. The van der Waals surface area contributed by atoms with E-state index in [1.54, 1.807) is 18.1 Å². The van der Waals surface area contributed by atoms with Gasteiger partial charge in [0, 0.05) is 13.1 Å². The topological polar surface area (TPSA) is 125 Å². The summed E-state index contributed by atoms with van der Waals surface area (Å²) in [4.78, 5) is 22.0. The standard InChI is InChI=1S/C11H16N8O/c1-19(5-8(20)14-6-2-3-6)10-7-4-13-18-9(7)15-11(16-10)17-12/h4,6H,2-3,5,12H2,1H3,(H,14,20)(H2,13,15,16,17,18). The maximum Gasteiger partial charge on any atom is 0.241 e. The van der Waals surface area contributed by atoms with Crippen LogP contribution in [0.2, 0.25) is 0 Å². The molecular formula is C11H16N8O. The molecule has 0 atom stereocenters. The largest absolute Gasteiger partial charge is 0.352 e. The Bertz CT molecular complexity index is 634. The van der Waals surface area contributed by atoms with Gasteiger partial charge in [-0.2, -0.15) is 15.1 Å². The number of aromatic nitrogens is 4. The van der Waals surface area contributed by atoms with Crippen molar-refractivity contribution in [3.05, 3.63) is 6.20 Å². The van der Waals surface area contributed by atoms with Gasteiger partial charge < -0.3 is 10.2 Å². The van der Waals surface area contributed by atoms with Crippen LogP contribution in [0.15, 0.2) is 6.20 Å². The number of nitrogens with zero attached hydrogens (tertiary/aromatic N) is 4. The number of aromatic amines is 1. The lowest BCUT2D eigenvalue weighted by Gasteiger charge is -2.18. The molecule has 9 nitrogen and oxygen atoms in total. The number of carbonyl (C=O) groups is 1. The number of amides is 1. The van der Waals surface area contributed by atoms with Gasteiger partial charge in [0.15, 0.2) is 5.65 Å². The molecular weight excluding hydrogens is 260 g/mol. The molecule has 106 valence electrons. The monoisotopic (exact) mass is 276 g/mol. The molecule has 1 aliphatic carbocycles. The molecule has 1 amide bonds. The Morgan fingerprint density at radius 2 is 2.35 bits per heavy atom. The zero-order valence-corrected chi connectivity index (χ0v) is 11.1. The molecule has 5 N–H and O–H groups in total. The Labute approximate surface area is 114 Å². The van der Waals surface area contributed by atoms with Crippen LogP contribution in [0, 0.1) is 0 Å². The van der Waals surface area contributed by atoms with Crippen LogP contribution >= 0.6 is 0 Å². The number of fused-ring (bicyclic) bond motifs is 1. The van der Waals surface area contributed by atoms with Crippen LogP contribution in [-0.2, 0) is 4.79 Å². The Kier molecular flexibility index (Phi) is 3.11. The fraction of sp³-hybridized carbons (Fsp3) is 0.455. The molecule has 2 aromatic heterocycles. The van der Waals surface area contributed by atoms with Crippen molar-refractivity contribution < 1.29 is 4.79 Å². The molecule has 3 rings (SSSR count). The number of hydrogen-bond donors (Lipinski definition) is 4. The van der Waals surface area contributed by atoms with Crippen molar-refractivity contribution in [1.82, 2.24) is 25.5 Å². The van der Waals surface area contributed by atoms with Gasteiger partial charge in [-0.25, -0.2) is 5.84 Å². The molecule has 1 saturated carbocycles. The average Bonchev–Trinajstić information content (AvgIpc) is 3.11. The van der Waals surface area contributed by atoms with Crippen molar-refractivity contribution >= 4 is 28.7 Å². The summed E-state index contributed by atoms with van der Waals surface area (Å²) >= 11 is 0. The van der Waals surface area contributed by atoms with Crippen LogP contribution in [0.5, 0.6) is 0 Å². The lowest BCUT2D eigenvalue weighted by atomic mass is 10.3. The van der Waals surface area contributed by atoms with Crippen molar-refractivity contribution in [3.8, 4) is 0 Å². The van der Waals surface area contributed by atoms with Gasteiger partial charge in [-0.05, 0) is 12.8 Å². The number of H-pyrrole nitrogens is 1. The maximum absolute atomic E-state index is 11.8. The van der Waals surface area contributed by atoms with E-state index in [4.69, 9.17) is 5.84 Å². The maximum atomic E-state index is 11.8. The van der Waals surface area contributed by atoms with Crippen LogP contribution in [-0.4, -0.2) is 45.7 Å². The summed E-state index contributed by atoms with van der Waals surface area (Å²) in [6.07, 6.45) is 3.76. The summed E-state index contributed by atoms with van der Waals surface area (Å²) in [6, 6.07) is 0.344. The van der Waals surface area contributed by atoms with Crippen molar-refractivity contribution in [2.75, 3.05) is 23.9 Å². The molecule has 20 heavy (non-hydrogen) atoms. The van der Waals surface area contributed by atoms with Crippen LogP contribution < -0.4 is 21.5 Å². The second kappa shape index (κ2) is 4.93. The number of rotatable bonds is 5. The molecule has 2 aromatic rings. The summed E-state index contributed by atoms with van der Waals surface area (Å²) in [5.74, 6) is 6.20. The number of nitrogen functional groups attached to an aromatic ring is 1. The zero-order valence-electron chi connectivity index (χ0n) is 11.1. The van der Waals surface area contributed by atoms with Crippen molar-refractivity contribution in [3.63, 3.8) is 0 Å². The first kappa shape index (κ1) is 12.6. The van der Waals surface area contributed by atoms with E-state index < -0.39 is 0 Å². The number of anilines is 2. The third-order valence-electron chi connectivity index (χ3n) is 3.10. The number of nitrogens with two attached hydrogens (primary N) is 1. The zero-order chi connectivity index (χ0) is 14.1. The van der Waals surface area contributed by atoms with E-state index in [0.29, 0.717) is 17.5 Å². The minimum Gasteiger partial charge on any atom is -0.352 e. The Morgan fingerprint density at radius 1 is 1.55 bits per heavy atom. The van der Waals surface area contributed by atoms with E-state index in [1.165, 1.54) is 0 Å². The summed E-state index contributed by atoms with van der Waals surface area (Å²) in [7, 11) is 1.79. The molecule has 1 aliphatic rings. The van der Waals surface area contributed by atoms with Gasteiger partial charge in [-0.1, -0.05) is 0 Å². The normalized spacial score (nSPS) is 14.3.